The molecule has 4 rings (SSSR count). The summed E-state index contributed by atoms with van der Waals surface area (Å²) in [5.41, 5.74) is 5.95. The van der Waals surface area contributed by atoms with Crippen molar-refractivity contribution in [3.8, 4) is 39.6 Å². The van der Waals surface area contributed by atoms with Crippen LogP contribution in [0.15, 0.2) is 90.0 Å². The first-order valence-corrected chi connectivity index (χ1v) is 8.50. The number of hydrogen-bond acceptors (Lipinski definition) is 3. The second-order valence-corrected chi connectivity index (χ2v) is 6.08. The SMILES string of the molecule is N#Cc1ccccc1-c1cccc(-c2cccnc2-c2ccc(=O)[nH]c2)c1. The van der Waals surface area contributed by atoms with Crippen LogP contribution in [0.5, 0.6) is 0 Å². The first kappa shape index (κ1) is 16.5. The number of aromatic amines is 1. The third kappa shape index (κ3) is 3.26. The van der Waals surface area contributed by atoms with E-state index >= 15 is 0 Å². The monoisotopic (exact) mass is 349 g/mol. The molecule has 0 radical (unpaired) electrons. The largest absolute Gasteiger partial charge is 0.328 e. The van der Waals surface area contributed by atoms with Gasteiger partial charge >= 0.3 is 0 Å². The van der Waals surface area contributed by atoms with Gasteiger partial charge in [-0.2, -0.15) is 5.26 Å². The van der Waals surface area contributed by atoms with Crippen LogP contribution in [-0.4, -0.2) is 9.97 Å². The maximum absolute atomic E-state index is 11.4. The zero-order valence-electron chi connectivity index (χ0n) is 14.4. The van der Waals surface area contributed by atoms with Crippen LogP contribution in [0.3, 0.4) is 0 Å². The van der Waals surface area contributed by atoms with Gasteiger partial charge in [0.1, 0.15) is 0 Å². The molecule has 0 aliphatic rings. The van der Waals surface area contributed by atoms with Gasteiger partial charge in [0.25, 0.3) is 0 Å². The fraction of sp³-hybridized carbons (Fsp3) is 0. The molecule has 0 aliphatic carbocycles. The first-order valence-electron chi connectivity index (χ1n) is 8.50. The Morgan fingerprint density at radius 1 is 0.815 bits per heavy atom. The molecule has 0 saturated heterocycles. The quantitative estimate of drug-likeness (QED) is 0.586. The average Bonchev–Trinajstić information content (AvgIpc) is 2.74. The highest BCUT2D eigenvalue weighted by atomic mass is 16.1. The van der Waals surface area contributed by atoms with Gasteiger partial charge in [0.2, 0.25) is 5.56 Å². The molecule has 1 N–H and O–H groups in total. The van der Waals surface area contributed by atoms with Crippen molar-refractivity contribution in [1.82, 2.24) is 9.97 Å². The predicted molar refractivity (Wildman–Crippen MR) is 106 cm³/mol. The van der Waals surface area contributed by atoms with Crippen molar-refractivity contribution < 1.29 is 0 Å². The van der Waals surface area contributed by atoms with E-state index in [1.54, 1.807) is 18.5 Å². The Kier molecular flexibility index (Phi) is 4.34. The lowest BCUT2D eigenvalue weighted by molar-refractivity contribution is 1.22. The van der Waals surface area contributed by atoms with E-state index in [2.05, 4.69) is 22.1 Å². The molecule has 0 unspecified atom stereocenters. The number of aromatic nitrogens is 2. The van der Waals surface area contributed by atoms with Crippen molar-refractivity contribution in [1.29, 1.82) is 5.26 Å². The van der Waals surface area contributed by atoms with Crippen LogP contribution in [0.1, 0.15) is 5.56 Å². The fourth-order valence-electron chi connectivity index (χ4n) is 3.11. The summed E-state index contributed by atoms with van der Waals surface area (Å²) in [6.07, 6.45) is 3.40. The molecule has 2 aromatic carbocycles. The van der Waals surface area contributed by atoms with E-state index in [0.717, 1.165) is 33.5 Å². The van der Waals surface area contributed by atoms with E-state index in [1.165, 1.54) is 6.07 Å². The Morgan fingerprint density at radius 3 is 2.37 bits per heavy atom. The number of hydrogen-bond donors (Lipinski definition) is 1. The molecular weight excluding hydrogens is 334 g/mol. The fourth-order valence-corrected chi connectivity index (χ4v) is 3.11. The highest BCUT2D eigenvalue weighted by Crippen LogP contribution is 2.33. The van der Waals surface area contributed by atoms with E-state index < -0.39 is 0 Å². The van der Waals surface area contributed by atoms with Gasteiger partial charge in [0.15, 0.2) is 0 Å². The van der Waals surface area contributed by atoms with E-state index in [9.17, 15) is 10.1 Å². The van der Waals surface area contributed by atoms with Crippen LogP contribution in [0.4, 0.5) is 0 Å². The summed E-state index contributed by atoms with van der Waals surface area (Å²) in [6.45, 7) is 0. The van der Waals surface area contributed by atoms with Gasteiger partial charge < -0.3 is 4.98 Å². The molecular formula is C23H15N3O. The molecule has 0 saturated carbocycles. The van der Waals surface area contributed by atoms with E-state index in [1.807, 2.05) is 54.6 Å². The molecule has 0 fully saturated rings. The summed E-state index contributed by atoms with van der Waals surface area (Å²) < 4.78 is 0. The topological polar surface area (TPSA) is 69.5 Å². The van der Waals surface area contributed by atoms with Crippen molar-refractivity contribution in [2.45, 2.75) is 0 Å². The minimum absolute atomic E-state index is 0.147. The first-order chi connectivity index (χ1) is 13.3. The summed E-state index contributed by atoms with van der Waals surface area (Å²) in [5, 5.41) is 9.39. The molecule has 0 spiro atoms. The molecule has 4 nitrogen and oxygen atoms in total. The number of rotatable bonds is 3. The molecule has 0 atom stereocenters. The summed E-state index contributed by atoms with van der Waals surface area (Å²) >= 11 is 0. The van der Waals surface area contributed by atoms with Crippen LogP contribution in [0, 0.1) is 11.3 Å². The Labute approximate surface area is 156 Å². The summed E-state index contributed by atoms with van der Waals surface area (Å²) in [7, 11) is 0. The zero-order chi connectivity index (χ0) is 18.6. The molecule has 27 heavy (non-hydrogen) atoms. The molecule has 128 valence electrons. The van der Waals surface area contributed by atoms with Crippen LogP contribution in [0.2, 0.25) is 0 Å². The van der Waals surface area contributed by atoms with Gasteiger partial charge in [-0.15, -0.1) is 0 Å². The third-order valence-corrected chi connectivity index (χ3v) is 4.40. The van der Waals surface area contributed by atoms with Crippen molar-refractivity contribution in [2.75, 3.05) is 0 Å². The molecule has 0 amide bonds. The van der Waals surface area contributed by atoms with Crippen LogP contribution in [-0.2, 0) is 0 Å². The third-order valence-electron chi connectivity index (χ3n) is 4.40. The smallest absolute Gasteiger partial charge is 0.247 e. The maximum atomic E-state index is 11.4. The number of nitriles is 1. The summed E-state index contributed by atoms with van der Waals surface area (Å²) in [5.74, 6) is 0. The number of H-pyrrole nitrogens is 1. The molecule has 4 aromatic rings. The van der Waals surface area contributed by atoms with Gasteiger partial charge in [-0.05, 0) is 41.0 Å². The minimum Gasteiger partial charge on any atom is -0.328 e. The van der Waals surface area contributed by atoms with Crippen LogP contribution in [0.25, 0.3) is 33.5 Å². The molecule has 0 bridgehead atoms. The lowest BCUT2D eigenvalue weighted by Crippen LogP contribution is -2.02. The maximum Gasteiger partial charge on any atom is 0.247 e. The second kappa shape index (κ2) is 7.11. The van der Waals surface area contributed by atoms with Gasteiger partial charge in [-0.1, -0.05) is 42.5 Å². The van der Waals surface area contributed by atoms with E-state index in [-0.39, 0.29) is 5.56 Å². The predicted octanol–water partition coefficient (Wildman–Crippen LogP) is 4.64. The number of nitrogens with one attached hydrogen (secondary N) is 1. The van der Waals surface area contributed by atoms with Crippen LogP contribution >= 0.6 is 0 Å². The van der Waals surface area contributed by atoms with Crippen molar-refractivity contribution in [3.63, 3.8) is 0 Å². The van der Waals surface area contributed by atoms with Gasteiger partial charge in [0.05, 0.1) is 17.3 Å². The Bertz CT molecular complexity index is 1200. The van der Waals surface area contributed by atoms with Gasteiger partial charge in [0, 0.05) is 29.6 Å². The Hall–Kier alpha value is -3.97. The summed E-state index contributed by atoms with van der Waals surface area (Å²) in [4.78, 5) is 18.6. The van der Waals surface area contributed by atoms with Gasteiger partial charge in [-0.25, -0.2) is 0 Å². The van der Waals surface area contributed by atoms with Crippen LogP contribution < -0.4 is 5.56 Å². The second-order valence-electron chi connectivity index (χ2n) is 6.08. The van der Waals surface area contributed by atoms with E-state index in [4.69, 9.17) is 0 Å². The normalized spacial score (nSPS) is 10.3. The highest BCUT2D eigenvalue weighted by molar-refractivity contribution is 5.83. The molecule has 0 aliphatic heterocycles. The van der Waals surface area contributed by atoms with Gasteiger partial charge in [-0.3, -0.25) is 9.78 Å². The minimum atomic E-state index is -0.147. The van der Waals surface area contributed by atoms with Crippen molar-refractivity contribution in [3.05, 3.63) is 101 Å². The lowest BCUT2D eigenvalue weighted by Gasteiger charge is -2.11. The standard InChI is InChI=1S/C23H15N3O/c24-14-18-5-1-2-8-20(18)16-6-3-7-17(13-16)21-9-4-12-25-23(21)19-10-11-22(27)26-15-19/h1-13,15H,(H,26,27). The van der Waals surface area contributed by atoms with Crippen molar-refractivity contribution >= 4 is 0 Å². The zero-order valence-corrected chi connectivity index (χ0v) is 14.4. The molecule has 2 heterocycles. The van der Waals surface area contributed by atoms with E-state index in [0.29, 0.717) is 5.56 Å². The highest BCUT2D eigenvalue weighted by Gasteiger charge is 2.11. The Morgan fingerprint density at radius 2 is 1.59 bits per heavy atom. The lowest BCUT2D eigenvalue weighted by atomic mass is 9.94. The molecule has 2 aromatic heterocycles. The number of pyridine rings is 2. The Balaban J connectivity index is 1.86. The average molecular weight is 349 g/mol. The number of nitrogens with zero attached hydrogens (tertiary/aromatic N) is 2. The number of benzene rings is 2. The van der Waals surface area contributed by atoms with Crippen molar-refractivity contribution in [2.24, 2.45) is 0 Å². The molecule has 4 heteroatoms. The summed E-state index contributed by atoms with van der Waals surface area (Å²) in [6, 6.07) is 25.0.